The van der Waals surface area contributed by atoms with E-state index in [9.17, 15) is 4.79 Å². The summed E-state index contributed by atoms with van der Waals surface area (Å²) in [6, 6.07) is 0. The van der Waals surface area contributed by atoms with E-state index in [-0.39, 0.29) is 18.0 Å². The summed E-state index contributed by atoms with van der Waals surface area (Å²) in [6.07, 6.45) is 6.75. The van der Waals surface area contributed by atoms with Gasteiger partial charge in [0.05, 0.1) is 19.8 Å². The second kappa shape index (κ2) is 5.41. The van der Waals surface area contributed by atoms with Crippen molar-refractivity contribution < 1.29 is 14.3 Å². The first-order chi connectivity index (χ1) is 8.87. The van der Waals surface area contributed by atoms with E-state index >= 15 is 0 Å². The fourth-order valence-electron chi connectivity index (χ4n) is 2.93. The van der Waals surface area contributed by atoms with Crippen molar-refractivity contribution in [3.63, 3.8) is 0 Å². The van der Waals surface area contributed by atoms with Crippen LogP contribution in [0, 0.1) is 11.3 Å². The predicted octanol–water partition coefficient (Wildman–Crippen LogP) is 2.25. The number of methoxy groups -OCH3 is 1. The van der Waals surface area contributed by atoms with Gasteiger partial charge in [0, 0.05) is 0 Å². The van der Waals surface area contributed by atoms with Gasteiger partial charge in [-0.3, -0.25) is 0 Å². The fourth-order valence-corrected chi connectivity index (χ4v) is 2.93. The second-order valence-corrected chi connectivity index (χ2v) is 6.98. The maximum atomic E-state index is 11.9. The highest BCUT2D eigenvalue weighted by Gasteiger charge is 2.49. The Bertz CT molecular complexity index is 328. The van der Waals surface area contributed by atoms with Crippen LogP contribution in [-0.4, -0.2) is 31.3 Å². The molecule has 4 nitrogen and oxygen atoms in total. The molecule has 2 saturated carbocycles. The van der Waals surface area contributed by atoms with Crippen molar-refractivity contribution >= 4 is 5.97 Å². The van der Waals surface area contributed by atoms with E-state index in [4.69, 9.17) is 15.2 Å². The van der Waals surface area contributed by atoms with Crippen molar-refractivity contribution in [3.05, 3.63) is 0 Å². The largest absolute Gasteiger partial charge is 0.468 e. The average molecular weight is 269 g/mol. The molecule has 110 valence electrons. The first-order valence-electron chi connectivity index (χ1n) is 7.36. The number of carbonyl (C=O) groups is 1. The number of ether oxygens (including phenoxy) is 2. The van der Waals surface area contributed by atoms with Crippen LogP contribution in [0.1, 0.15) is 52.4 Å². The molecule has 0 aromatic rings. The summed E-state index contributed by atoms with van der Waals surface area (Å²) in [5.74, 6) is -0.0916. The SMILES string of the molecule is COC(=O)C(N)(COC1CCC(C)(C)CC1)C1CC1. The smallest absolute Gasteiger partial charge is 0.328 e. The summed E-state index contributed by atoms with van der Waals surface area (Å²) in [5, 5.41) is 0. The molecule has 0 amide bonds. The van der Waals surface area contributed by atoms with Crippen LogP contribution in [-0.2, 0) is 14.3 Å². The highest BCUT2D eigenvalue weighted by Crippen LogP contribution is 2.40. The zero-order chi connectivity index (χ0) is 14.1. The number of hydrogen-bond donors (Lipinski definition) is 1. The Kier molecular flexibility index (Phi) is 4.21. The van der Waals surface area contributed by atoms with Gasteiger partial charge in [-0.05, 0) is 49.9 Å². The molecule has 0 radical (unpaired) electrons. The zero-order valence-corrected chi connectivity index (χ0v) is 12.4. The summed E-state index contributed by atoms with van der Waals surface area (Å²) >= 11 is 0. The molecule has 19 heavy (non-hydrogen) atoms. The normalized spacial score (nSPS) is 26.7. The van der Waals surface area contributed by atoms with Gasteiger partial charge in [0.1, 0.15) is 5.54 Å². The molecule has 0 aromatic carbocycles. The van der Waals surface area contributed by atoms with Gasteiger partial charge < -0.3 is 15.2 Å². The first kappa shape index (κ1) is 14.8. The molecule has 2 aliphatic carbocycles. The van der Waals surface area contributed by atoms with E-state index in [0.717, 1.165) is 25.7 Å². The van der Waals surface area contributed by atoms with Crippen LogP contribution >= 0.6 is 0 Å². The first-order valence-corrected chi connectivity index (χ1v) is 7.36. The predicted molar refractivity (Wildman–Crippen MR) is 73.6 cm³/mol. The van der Waals surface area contributed by atoms with Crippen molar-refractivity contribution in [2.45, 2.75) is 64.0 Å². The molecule has 1 unspecified atom stereocenters. The maximum Gasteiger partial charge on any atom is 0.328 e. The molecule has 0 saturated heterocycles. The molecule has 0 heterocycles. The van der Waals surface area contributed by atoms with Gasteiger partial charge in [0.15, 0.2) is 0 Å². The summed E-state index contributed by atoms with van der Waals surface area (Å²) < 4.78 is 10.8. The van der Waals surface area contributed by atoms with E-state index < -0.39 is 5.54 Å². The molecule has 0 bridgehead atoms. The third kappa shape index (κ3) is 3.48. The van der Waals surface area contributed by atoms with Gasteiger partial charge in [-0.1, -0.05) is 13.8 Å². The van der Waals surface area contributed by atoms with E-state index in [1.807, 2.05) is 0 Å². The molecular formula is C15H27NO3. The van der Waals surface area contributed by atoms with Crippen molar-refractivity contribution in [3.8, 4) is 0 Å². The summed E-state index contributed by atoms with van der Waals surface area (Å²) in [5.41, 5.74) is 5.73. The molecule has 2 N–H and O–H groups in total. The van der Waals surface area contributed by atoms with Crippen molar-refractivity contribution in [1.29, 1.82) is 0 Å². The lowest BCUT2D eigenvalue weighted by atomic mass is 9.76. The molecular weight excluding hydrogens is 242 g/mol. The van der Waals surface area contributed by atoms with Gasteiger partial charge in [-0.15, -0.1) is 0 Å². The van der Waals surface area contributed by atoms with Gasteiger partial charge in [0.25, 0.3) is 0 Å². The van der Waals surface area contributed by atoms with Crippen molar-refractivity contribution in [2.24, 2.45) is 17.1 Å². The van der Waals surface area contributed by atoms with E-state index in [1.165, 1.54) is 20.0 Å². The van der Waals surface area contributed by atoms with Gasteiger partial charge in [-0.2, -0.15) is 0 Å². The molecule has 2 aliphatic rings. The quantitative estimate of drug-likeness (QED) is 0.778. The van der Waals surface area contributed by atoms with E-state index in [0.29, 0.717) is 12.0 Å². The van der Waals surface area contributed by atoms with Gasteiger partial charge in [0.2, 0.25) is 0 Å². The zero-order valence-electron chi connectivity index (χ0n) is 12.4. The molecule has 2 rings (SSSR count). The number of esters is 1. The standard InChI is InChI=1S/C15H27NO3/c1-14(2)8-6-12(7-9-14)19-10-15(16,11-4-5-11)13(17)18-3/h11-12H,4-10,16H2,1-3H3. The van der Waals surface area contributed by atoms with E-state index in [2.05, 4.69) is 13.8 Å². The van der Waals surface area contributed by atoms with Gasteiger partial charge >= 0.3 is 5.97 Å². The fraction of sp³-hybridized carbons (Fsp3) is 0.933. The minimum absolute atomic E-state index is 0.236. The topological polar surface area (TPSA) is 61.5 Å². The minimum Gasteiger partial charge on any atom is -0.468 e. The maximum absolute atomic E-state index is 11.9. The Morgan fingerprint density at radius 1 is 1.26 bits per heavy atom. The van der Waals surface area contributed by atoms with Crippen LogP contribution in [0.2, 0.25) is 0 Å². The molecule has 0 aliphatic heterocycles. The molecule has 4 heteroatoms. The summed E-state index contributed by atoms with van der Waals surface area (Å²) in [6.45, 7) is 4.90. The molecule has 1 atom stereocenters. The summed E-state index contributed by atoms with van der Waals surface area (Å²) in [7, 11) is 1.40. The Morgan fingerprint density at radius 2 is 1.84 bits per heavy atom. The lowest BCUT2D eigenvalue weighted by Crippen LogP contribution is -2.55. The number of carbonyl (C=O) groups excluding carboxylic acids is 1. The van der Waals surface area contributed by atoms with Crippen LogP contribution < -0.4 is 5.73 Å². The molecule has 0 spiro atoms. The van der Waals surface area contributed by atoms with Crippen LogP contribution in [0.15, 0.2) is 0 Å². The van der Waals surface area contributed by atoms with Crippen molar-refractivity contribution in [1.82, 2.24) is 0 Å². The van der Waals surface area contributed by atoms with Crippen LogP contribution in [0.25, 0.3) is 0 Å². The Hall–Kier alpha value is -0.610. The highest BCUT2D eigenvalue weighted by atomic mass is 16.5. The number of hydrogen-bond acceptors (Lipinski definition) is 4. The Labute approximate surface area is 116 Å². The van der Waals surface area contributed by atoms with Crippen molar-refractivity contribution in [2.75, 3.05) is 13.7 Å². The highest BCUT2D eigenvalue weighted by molar-refractivity contribution is 5.81. The Balaban J connectivity index is 1.85. The number of rotatable bonds is 5. The lowest BCUT2D eigenvalue weighted by molar-refractivity contribution is -0.152. The second-order valence-electron chi connectivity index (χ2n) is 6.98. The summed E-state index contributed by atoms with van der Waals surface area (Å²) in [4.78, 5) is 11.9. The van der Waals surface area contributed by atoms with E-state index in [1.54, 1.807) is 0 Å². The number of nitrogens with two attached hydrogens (primary N) is 1. The third-order valence-electron chi connectivity index (χ3n) is 4.72. The molecule has 2 fully saturated rings. The van der Waals surface area contributed by atoms with Crippen LogP contribution in [0.4, 0.5) is 0 Å². The van der Waals surface area contributed by atoms with Crippen LogP contribution in [0.5, 0.6) is 0 Å². The average Bonchev–Trinajstić information content (AvgIpc) is 3.20. The minimum atomic E-state index is -0.929. The van der Waals surface area contributed by atoms with Gasteiger partial charge in [-0.25, -0.2) is 4.79 Å². The Morgan fingerprint density at radius 3 is 2.32 bits per heavy atom. The lowest BCUT2D eigenvalue weighted by Gasteiger charge is -2.36. The monoisotopic (exact) mass is 269 g/mol. The third-order valence-corrected chi connectivity index (χ3v) is 4.72. The molecule has 0 aromatic heterocycles. The van der Waals surface area contributed by atoms with Crippen LogP contribution in [0.3, 0.4) is 0 Å².